The molecule has 19 heavy (non-hydrogen) atoms. The van der Waals surface area contributed by atoms with E-state index < -0.39 is 15.7 Å². The molecule has 0 radical (unpaired) electrons. The Balaban J connectivity index is 3.69. The summed E-state index contributed by atoms with van der Waals surface area (Å²) >= 11 is 0. The zero-order chi connectivity index (χ0) is 15.1. The van der Waals surface area contributed by atoms with Crippen LogP contribution in [-0.4, -0.2) is 51.5 Å². The predicted octanol–water partition coefficient (Wildman–Crippen LogP) is 2.00. The van der Waals surface area contributed by atoms with Gasteiger partial charge in [0.2, 0.25) is 0 Å². The lowest BCUT2D eigenvalue weighted by molar-refractivity contribution is 0.0296. The Morgan fingerprint density at radius 2 is 1.74 bits per heavy atom. The number of hydrogen-bond donors (Lipinski definition) is 0. The molecule has 1 amide bonds. The molecule has 0 unspecified atom stereocenters. The first kappa shape index (κ1) is 18.2. The largest absolute Gasteiger partial charge is 0.444 e. The Kier molecular flexibility index (Phi) is 7.36. The van der Waals surface area contributed by atoms with Crippen molar-refractivity contribution in [2.75, 3.05) is 26.5 Å². The van der Waals surface area contributed by atoms with Crippen LogP contribution in [0.2, 0.25) is 0 Å². The van der Waals surface area contributed by atoms with Gasteiger partial charge in [-0.1, -0.05) is 0 Å². The lowest BCUT2D eigenvalue weighted by atomic mass is 10.2. The highest BCUT2D eigenvalue weighted by Crippen LogP contribution is 2.09. The third-order valence-corrected chi connectivity index (χ3v) is 2.74. The van der Waals surface area contributed by atoms with E-state index in [9.17, 15) is 13.2 Å². The first-order valence-electron chi connectivity index (χ1n) is 6.30. The first-order valence-corrected chi connectivity index (χ1v) is 8.11. The molecule has 0 aromatic carbocycles. The maximum absolute atomic E-state index is 11.6. The summed E-state index contributed by atoms with van der Waals surface area (Å²) in [5.41, 5.74) is -0.491. The Bertz CT molecular complexity index is 372. The van der Waals surface area contributed by atoms with E-state index in [4.69, 9.17) is 4.74 Å². The topological polar surface area (TPSA) is 72.9 Å². The number of carbonyl (C=O) groups is 1. The van der Waals surface area contributed by atoms with Gasteiger partial charge in [0.1, 0.15) is 5.60 Å². The predicted molar refractivity (Wildman–Crippen MR) is 73.5 cm³/mol. The molecule has 0 heterocycles. The third kappa shape index (κ3) is 12.0. The molecular formula is C12H25NO5S. The van der Waals surface area contributed by atoms with Gasteiger partial charge >= 0.3 is 6.09 Å². The number of amides is 1. The van der Waals surface area contributed by atoms with Crippen LogP contribution in [-0.2, 0) is 19.0 Å². The summed E-state index contributed by atoms with van der Waals surface area (Å²) in [5.74, 6) is 0. The molecular weight excluding hydrogens is 270 g/mol. The molecule has 0 aliphatic rings. The number of ether oxygens (including phenoxy) is 1. The maximum Gasteiger partial charge on any atom is 0.410 e. The molecule has 0 spiro atoms. The Hall–Kier alpha value is -0.820. The van der Waals surface area contributed by atoms with E-state index in [1.54, 1.807) is 7.05 Å². The number of rotatable bonds is 7. The van der Waals surface area contributed by atoms with Gasteiger partial charge in [0.25, 0.3) is 10.1 Å². The summed E-state index contributed by atoms with van der Waals surface area (Å²) in [7, 11) is -1.66. The van der Waals surface area contributed by atoms with Gasteiger partial charge < -0.3 is 9.64 Å². The van der Waals surface area contributed by atoms with Crippen LogP contribution in [0.3, 0.4) is 0 Å². The molecule has 0 aliphatic heterocycles. The van der Waals surface area contributed by atoms with Crippen molar-refractivity contribution in [3.8, 4) is 0 Å². The van der Waals surface area contributed by atoms with Crippen LogP contribution < -0.4 is 0 Å². The molecule has 0 saturated carbocycles. The van der Waals surface area contributed by atoms with Crippen LogP contribution >= 0.6 is 0 Å². The molecule has 0 N–H and O–H groups in total. The molecule has 7 heteroatoms. The Labute approximate surface area is 116 Å². The summed E-state index contributed by atoms with van der Waals surface area (Å²) in [5, 5.41) is 0. The summed E-state index contributed by atoms with van der Waals surface area (Å²) in [4.78, 5) is 13.1. The molecule has 0 aromatic rings. The monoisotopic (exact) mass is 295 g/mol. The lowest BCUT2D eigenvalue weighted by Crippen LogP contribution is -2.34. The standard InChI is InChI=1S/C12H25NO5S/c1-12(2,3)18-11(14)13(4)9-7-6-8-10-17-19(5,15)16/h6-10H2,1-5H3. The second kappa shape index (κ2) is 7.69. The highest BCUT2D eigenvalue weighted by Gasteiger charge is 2.18. The van der Waals surface area contributed by atoms with Gasteiger partial charge in [0.05, 0.1) is 12.9 Å². The van der Waals surface area contributed by atoms with Crippen molar-refractivity contribution in [2.45, 2.75) is 45.6 Å². The van der Waals surface area contributed by atoms with Crippen LogP contribution in [0.25, 0.3) is 0 Å². The van der Waals surface area contributed by atoms with E-state index in [1.807, 2.05) is 20.8 Å². The fraction of sp³-hybridized carbons (Fsp3) is 0.917. The smallest absolute Gasteiger partial charge is 0.410 e. The van der Waals surface area contributed by atoms with Crippen LogP contribution in [0.5, 0.6) is 0 Å². The fourth-order valence-electron chi connectivity index (χ4n) is 1.27. The van der Waals surface area contributed by atoms with Crippen molar-refractivity contribution in [2.24, 2.45) is 0 Å². The lowest BCUT2D eigenvalue weighted by Gasteiger charge is -2.24. The number of nitrogens with zero attached hydrogens (tertiary/aromatic N) is 1. The van der Waals surface area contributed by atoms with E-state index in [-0.39, 0.29) is 12.7 Å². The van der Waals surface area contributed by atoms with Gasteiger partial charge in [-0.2, -0.15) is 8.42 Å². The van der Waals surface area contributed by atoms with E-state index in [1.165, 1.54) is 4.90 Å². The summed E-state index contributed by atoms with van der Waals surface area (Å²) in [6, 6.07) is 0. The molecule has 0 rings (SSSR count). The Morgan fingerprint density at radius 3 is 2.21 bits per heavy atom. The normalized spacial score (nSPS) is 12.3. The van der Waals surface area contributed by atoms with Crippen molar-refractivity contribution in [1.82, 2.24) is 4.90 Å². The number of carbonyl (C=O) groups excluding carboxylic acids is 1. The van der Waals surface area contributed by atoms with Gasteiger partial charge in [0, 0.05) is 13.6 Å². The highest BCUT2D eigenvalue weighted by molar-refractivity contribution is 7.85. The van der Waals surface area contributed by atoms with Crippen molar-refractivity contribution >= 4 is 16.2 Å². The summed E-state index contributed by atoms with van der Waals surface area (Å²) < 4.78 is 31.2. The van der Waals surface area contributed by atoms with Crippen molar-refractivity contribution in [3.05, 3.63) is 0 Å². The zero-order valence-corrected chi connectivity index (χ0v) is 13.2. The average molecular weight is 295 g/mol. The summed E-state index contributed by atoms with van der Waals surface area (Å²) in [6.07, 6.45) is 2.91. The van der Waals surface area contributed by atoms with E-state index in [0.29, 0.717) is 13.0 Å². The molecule has 114 valence electrons. The fourth-order valence-corrected chi connectivity index (χ4v) is 1.69. The minimum atomic E-state index is -3.35. The second-order valence-electron chi connectivity index (χ2n) is 5.49. The SMILES string of the molecule is CN(CCCCCOS(C)(=O)=O)C(=O)OC(C)(C)C. The van der Waals surface area contributed by atoms with Gasteiger partial charge in [-0.25, -0.2) is 4.79 Å². The molecule has 0 aliphatic carbocycles. The molecule has 0 atom stereocenters. The van der Waals surface area contributed by atoms with Gasteiger partial charge in [-0.15, -0.1) is 0 Å². The van der Waals surface area contributed by atoms with Crippen LogP contribution in [0.4, 0.5) is 4.79 Å². The molecule has 0 bridgehead atoms. The highest BCUT2D eigenvalue weighted by atomic mass is 32.2. The van der Waals surface area contributed by atoms with Crippen molar-refractivity contribution < 1.29 is 22.1 Å². The van der Waals surface area contributed by atoms with Gasteiger partial charge in [-0.3, -0.25) is 4.18 Å². The Morgan fingerprint density at radius 1 is 1.16 bits per heavy atom. The first-order chi connectivity index (χ1) is 8.51. The molecule has 0 aromatic heterocycles. The number of hydrogen-bond acceptors (Lipinski definition) is 5. The quantitative estimate of drug-likeness (QED) is 0.530. The average Bonchev–Trinajstić information content (AvgIpc) is 2.18. The van der Waals surface area contributed by atoms with Crippen LogP contribution in [0, 0.1) is 0 Å². The van der Waals surface area contributed by atoms with Crippen molar-refractivity contribution in [3.63, 3.8) is 0 Å². The van der Waals surface area contributed by atoms with E-state index in [2.05, 4.69) is 4.18 Å². The molecule has 0 fully saturated rings. The van der Waals surface area contributed by atoms with Gasteiger partial charge in [-0.05, 0) is 40.0 Å². The maximum atomic E-state index is 11.6. The third-order valence-electron chi connectivity index (χ3n) is 2.14. The minimum absolute atomic E-state index is 0.189. The number of unbranched alkanes of at least 4 members (excludes halogenated alkanes) is 2. The second-order valence-corrected chi connectivity index (χ2v) is 7.13. The van der Waals surface area contributed by atoms with Crippen LogP contribution in [0.1, 0.15) is 40.0 Å². The van der Waals surface area contributed by atoms with E-state index >= 15 is 0 Å². The summed E-state index contributed by atoms with van der Waals surface area (Å²) in [6.45, 7) is 6.23. The minimum Gasteiger partial charge on any atom is -0.444 e. The molecule has 6 nitrogen and oxygen atoms in total. The van der Waals surface area contributed by atoms with Crippen molar-refractivity contribution in [1.29, 1.82) is 0 Å². The van der Waals surface area contributed by atoms with Gasteiger partial charge in [0.15, 0.2) is 0 Å². The molecule has 0 saturated heterocycles. The zero-order valence-electron chi connectivity index (χ0n) is 12.4. The van der Waals surface area contributed by atoms with Crippen LogP contribution in [0.15, 0.2) is 0 Å². The van der Waals surface area contributed by atoms with E-state index in [0.717, 1.165) is 19.1 Å².